The first-order valence-corrected chi connectivity index (χ1v) is 7.52. The van der Waals surface area contributed by atoms with E-state index >= 15 is 0 Å². The number of hydrogen-bond acceptors (Lipinski definition) is 1. The van der Waals surface area contributed by atoms with E-state index in [-0.39, 0.29) is 5.56 Å². The molecule has 2 heterocycles. The van der Waals surface area contributed by atoms with E-state index in [1.807, 2.05) is 12.1 Å². The molecule has 2 aromatic carbocycles. The molecule has 112 valence electrons. The van der Waals surface area contributed by atoms with Gasteiger partial charge in [0.25, 0.3) is 0 Å². The lowest BCUT2D eigenvalue weighted by Gasteiger charge is -2.12. The summed E-state index contributed by atoms with van der Waals surface area (Å²) in [6.45, 7) is 2.61. The molecule has 0 radical (unpaired) electrons. The van der Waals surface area contributed by atoms with Gasteiger partial charge in [-0.3, -0.25) is 0 Å². The standard InChI is InChI=1S/C18H16F2N2/c19-15-5-2-6-16(20)17(15)14-4-1-3-12-11-13-7-8-21-9-10-22(13)18(12)14/h1-6,11,21H,7-10H2. The molecule has 0 bridgehead atoms. The molecule has 4 rings (SSSR count). The molecule has 1 aromatic heterocycles. The zero-order valence-corrected chi connectivity index (χ0v) is 12.1. The topological polar surface area (TPSA) is 17.0 Å². The summed E-state index contributed by atoms with van der Waals surface area (Å²) in [5.41, 5.74) is 2.82. The average molecular weight is 298 g/mol. The number of aromatic nitrogens is 1. The van der Waals surface area contributed by atoms with Gasteiger partial charge in [0.2, 0.25) is 0 Å². The van der Waals surface area contributed by atoms with Gasteiger partial charge in [0, 0.05) is 42.7 Å². The first-order chi connectivity index (χ1) is 10.8. The van der Waals surface area contributed by atoms with E-state index in [0.29, 0.717) is 5.56 Å². The quantitative estimate of drug-likeness (QED) is 0.724. The molecule has 0 spiro atoms. The van der Waals surface area contributed by atoms with Crippen LogP contribution < -0.4 is 5.32 Å². The van der Waals surface area contributed by atoms with Gasteiger partial charge in [-0.1, -0.05) is 24.3 Å². The fourth-order valence-electron chi connectivity index (χ4n) is 3.33. The smallest absolute Gasteiger partial charge is 0.134 e. The molecule has 0 saturated heterocycles. The van der Waals surface area contributed by atoms with Gasteiger partial charge >= 0.3 is 0 Å². The van der Waals surface area contributed by atoms with Gasteiger partial charge in [-0.15, -0.1) is 0 Å². The van der Waals surface area contributed by atoms with Crippen LogP contribution >= 0.6 is 0 Å². The van der Waals surface area contributed by atoms with Crippen molar-refractivity contribution in [1.29, 1.82) is 0 Å². The van der Waals surface area contributed by atoms with Crippen LogP contribution in [0.1, 0.15) is 5.69 Å². The molecular formula is C18H16F2N2. The molecular weight excluding hydrogens is 282 g/mol. The van der Waals surface area contributed by atoms with Gasteiger partial charge < -0.3 is 9.88 Å². The first-order valence-electron chi connectivity index (χ1n) is 7.52. The van der Waals surface area contributed by atoms with Crippen LogP contribution in [0.25, 0.3) is 22.0 Å². The maximum Gasteiger partial charge on any atom is 0.134 e. The Bertz CT molecular complexity index is 831. The summed E-state index contributed by atoms with van der Waals surface area (Å²) in [4.78, 5) is 0. The van der Waals surface area contributed by atoms with Gasteiger partial charge in [0.15, 0.2) is 0 Å². The third-order valence-electron chi connectivity index (χ3n) is 4.31. The highest BCUT2D eigenvalue weighted by atomic mass is 19.1. The number of halogens is 2. The Hall–Kier alpha value is -2.20. The molecule has 0 fully saturated rings. The highest BCUT2D eigenvalue weighted by molar-refractivity contribution is 5.95. The minimum atomic E-state index is -0.519. The molecule has 1 aliphatic rings. The molecule has 22 heavy (non-hydrogen) atoms. The molecule has 0 amide bonds. The summed E-state index contributed by atoms with van der Waals surface area (Å²) in [6.07, 6.45) is 0.924. The van der Waals surface area contributed by atoms with Crippen LogP contribution in [0.15, 0.2) is 42.5 Å². The SMILES string of the molecule is Fc1cccc(F)c1-c1cccc2cc3n(c12)CCNCC3. The summed E-state index contributed by atoms with van der Waals surface area (Å²) < 4.78 is 30.6. The maximum atomic E-state index is 14.2. The normalized spacial score (nSPS) is 14.8. The molecule has 1 aliphatic heterocycles. The molecule has 3 aromatic rings. The largest absolute Gasteiger partial charge is 0.343 e. The van der Waals surface area contributed by atoms with Gasteiger partial charge in [-0.25, -0.2) is 8.78 Å². The lowest BCUT2D eigenvalue weighted by Crippen LogP contribution is -2.17. The number of fused-ring (bicyclic) bond motifs is 3. The Kier molecular flexibility index (Phi) is 3.19. The predicted molar refractivity (Wildman–Crippen MR) is 83.9 cm³/mol. The number of nitrogens with one attached hydrogen (secondary N) is 1. The Balaban J connectivity index is 2.04. The van der Waals surface area contributed by atoms with Gasteiger partial charge in [0.1, 0.15) is 11.6 Å². The molecule has 2 nitrogen and oxygen atoms in total. The minimum Gasteiger partial charge on any atom is -0.343 e. The van der Waals surface area contributed by atoms with Crippen molar-refractivity contribution in [3.63, 3.8) is 0 Å². The number of rotatable bonds is 1. The molecule has 4 heteroatoms. The second-order valence-corrected chi connectivity index (χ2v) is 5.63. The maximum absolute atomic E-state index is 14.2. The van der Waals surface area contributed by atoms with E-state index in [1.54, 1.807) is 6.07 Å². The fraction of sp³-hybridized carbons (Fsp3) is 0.222. The van der Waals surface area contributed by atoms with Crippen molar-refractivity contribution in [3.8, 4) is 11.1 Å². The Labute approximate surface area is 127 Å². The van der Waals surface area contributed by atoms with Crippen LogP contribution in [0, 0.1) is 11.6 Å². The van der Waals surface area contributed by atoms with Crippen molar-refractivity contribution in [3.05, 3.63) is 59.8 Å². The van der Waals surface area contributed by atoms with E-state index in [9.17, 15) is 8.78 Å². The van der Waals surface area contributed by atoms with Crippen molar-refractivity contribution >= 4 is 10.9 Å². The number of nitrogens with zero attached hydrogens (tertiary/aromatic N) is 1. The van der Waals surface area contributed by atoms with Crippen LogP contribution in [-0.4, -0.2) is 17.7 Å². The summed E-state index contributed by atoms with van der Waals surface area (Å²) in [5.74, 6) is -1.04. The zero-order chi connectivity index (χ0) is 15.1. The first kappa shape index (κ1) is 13.5. The van der Waals surface area contributed by atoms with Crippen molar-refractivity contribution in [2.45, 2.75) is 13.0 Å². The molecule has 0 aliphatic carbocycles. The van der Waals surface area contributed by atoms with E-state index in [2.05, 4.69) is 16.0 Å². The predicted octanol–water partition coefficient (Wildman–Crippen LogP) is 3.73. The summed E-state index contributed by atoms with van der Waals surface area (Å²) >= 11 is 0. The lowest BCUT2D eigenvalue weighted by atomic mass is 10.0. The monoisotopic (exact) mass is 298 g/mol. The lowest BCUT2D eigenvalue weighted by molar-refractivity contribution is 0.589. The van der Waals surface area contributed by atoms with E-state index < -0.39 is 11.6 Å². The van der Waals surface area contributed by atoms with E-state index in [0.717, 1.165) is 37.0 Å². The number of hydrogen-bond donors (Lipinski definition) is 1. The van der Waals surface area contributed by atoms with Crippen LogP contribution in [0.5, 0.6) is 0 Å². The number of para-hydroxylation sites is 1. The summed E-state index contributed by atoms with van der Waals surface area (Å²) in [6, 6.07) is 11.8. The van der Waals surface area contributed by atoms with Crippen molar-refractivity contribution < 1.29 is 8.78 Å². The van der Waals surface area contributed by atoms with E-state index in [4.69, 9.17) is 0 Å². The molecule has 0 unspecified atom stereocenters. The molecule has 0 saturated carbocycles. The van der Waals surface area contributed by atoms with Crippen LogP contribution in [0.3, 0.4) is 0 Å². The van der Waals surface area contributed by atoms with Crippen molar-refractivity contribution in [2.75, 3.05) is 13.1 Å². The van der Waals surface area contributed by atoms with E-state index in [1.165, 1.54) is 23.9 Å². The summed E-state index contributed by atoms with van der Waals surface area (Å²) in [7, 11) is 0. The van der Waals surface area contributed by atoms with Crippen molar-refractivity contribution in [1.82, 2.24) is 9.88 Å². The van der Waals surface area contributed by atoms with Crippen LogP contribution in [0.4, 0.5) is 8.78 Å². The third-order valence-corrected chi connectivity index (χ3v) is 4.31. The second-order valence-electron chi connectivity index (χ2n) is 5.63. The summed E-state index contributed by atoms with van der Waals surface area (Å²) in [5, 5.41) is 4.40. The van der Waals surface area contributed by atoms with Gasteiger partial charge in [-0.2, -0.15) is 0 Å². The molecule has 1 N–H and O–H groups in total. The highest BCUT2D eigenvalue weighted by Gasteiger charge is 2.19. The Morgan fingerprint density at radius 1 is 0.955 bits per heavy atom. The number of benzene rings is 2. The van der Waals surface area contributed by atoms with Crippen molar-refractivity contribution in [2.24, 2.45) is 0 Å². The fourth-order valence-corrected chi connectivity index (χ4v) is 3.33. The Morgan fingerprint density at radius 2 is 1.73 bits per heavy atom. The van der Waals surface area contributed by atoms with Gasteiger partial charge in [-0.05, 0) is 18.2 Å². The third kappa shape index (κ3) is 2.03. The average Bonchev–Trinajstić information content (AvgIpc) is 2.70. The molecule has 0 atom stereocenters. The zero-order valence-electron chi connectivity index (χ0n) is 12.1. The van der Waals surface area contributed by atoms with Gasteiger partial charge in [0.05, 0.1) is 11.1 Å². The minimum absolute atomic E-state index is 0.0613. The van der Waals surface area contributed by atoms with Crippen LogP contribution in [0.2, 0.25) is 0 Å². The highest BCUT2D eigenvalue weighted by Crippen LogP contribution is 2.34. The Morgan fingerprint density at radius 3 is 2.55 bits per heavy atom. The van der Waals surface area contributed by atoms with Crippen LogP contribution in [-0.2, 0) is 13.0 Å². The second kappa shape index (κ2) is 5.21.